The number of halogens is 1. The monoisotopic (exact) mass is 232 g/mol. The molecule has 0 atom stereocenters. The average Bonchev–Trinajstić information content (AvgIpc) is 2.38. The van der Waals surface area contributed by atoms with Gasteiger partial charge in [0, 0.05) is 0 Å². The second kappa shape index (κ2) is 5.58. The third kappa shape index (κ3) is 2.56. The maximum atomic E-state index is 12.4. The van der Waals surface area contributed by atoms with Crippen molar-refractivity contribution in [1.29, 1.82) is 0 Å². The van der Waals surface area contributed by atoms with E-state index in [1.165, 1.54) is 0 Å². The lowest BCUT2D eigenvalue weighted by Gasteiger charge is -2.14. The molecule has 3 heteroatoms. The van der Waals surface area contributed by atoms with E-state index in [2.05, 4.69) is 0 Å². The summed E-state index contributed by atoms with van der Waals surface area (Å²) in [6.07, 6.45) is 0. The molecule has 0 heterocycles. The van der Waals surface area contributed by atoms with Crippen LogP contribution < -0.4 is 10.4 Å². The van der Waals surface area contributed by atoms with Crippen LogP contribution in [-0.2, 0) is 4.43 Å². The lowest BCUT2D eigenvalue weighted by Crippen LogP contribution is -2.44. The minimum absolute atomic E-state index is 0.722. The molecule has 2 aromatic rings. The van der Waals surface area contributed by atoms with E-state index in [4.69, 9.17) is 4.43 Å². The van der Waals surface area contributed by atoms with E-state index in [1.54, 1.807) is 0 Å². The summed E-state index contributed by atoms with van der Waals surface area (Å²) in [6.45, 7) is -0.722. The van der Waals surface area contributed by atoms with Crippen LogP contribution in [-0.4, -0.2) is 15.9 Å². The molecule has 0 N–H and O–H groups in total. The number of rotatable bonds is 4. The van der Waals surface area contributed by atoms with Crippen molar-refractivity contribution in [2.75, 3.05) is 6.86 Å². The Kier molecular flexibility index (Phi) is 3.85. The van der Waals surface area contributed by atoms with Crippen molar-refractivity contribution in [2.24, 2.45) is 0 Å². The van der Waals surface area contributed by atoms with Crippen LogP contribution in [0.1, 0.15) is 0 Å². The van der Waals surface area contributed by atoms with Crippen molar-refractivity contribution >= 4 is 19.4 Å². The average molecular weight is 232 g/mol. The highest BCUT2D eigenvalue weighted by Crippen LogP contribution is 1.94. The van der Waals surface area contributed by atoms with Gasteiger partial charge in [-0.1, -0.05) is 60.7 Å². The Labute approximate surface area is 96.2 Å². The first-order valence-electron chi connectivity index (χ1n) is 5.19. The molecule has 0 saturated carbocycles. The van der Waals surface area contributed by atoms with Crippen LogP contribution in [0, 0.1) is 0 Å². The van der Waals surface area contributed by atoms with Gasteiger partial charge in [0.05, 0.1) is 0 Å². The minimum Gasteiger partial charge on any atom is -0.385 e. The Morgan fingerprint density at radius 3 is 1.62 bits per heavy atom. The van der Waals surface area contributed by atoms with E-state index < -0.39 is 15.9 Å². The van der Waals surface area contributed by atoms with Crippen LogP contribution in [0.15, 0.2) is 60.7 Å². The first-order chi connectivity index (χ1) is 7.92. The molecule has 0 aliphatic heterocycles. The van der Waals surface area contributed by atoms with Crippen LogP contribution in [0.2, 0.25) is 0 Å². The molecule has 0 fully saturated rings. The van der Waals surface area contributed by atoms with Crippen LogP contribution in [0.3, 0.4) is 0 Å². The quantitative estimate of drug-likeness (QED) is 0.725. The van der Waals surface area contributed by atoms with E-state index in [0.29, 0.717) is 0 Å². The van der Waals surface area contributed by atoms with Crippen molar-refractivity contribution in [3.8, 4) is 0 Å². The molecular weight excluding hydrogens is 219 g/mol. The zero-order valence-electron chi connectivity index (χ0n) is 8.84. The molecule has 0 aliphatic carbocycles. The minimum atomic E-state index is -1.83. The maximum Gasteiger partial charge on any atom is 0.243 e. The van der Waals surface area contributed by atoms with E-state index >= 15 is 0 Å². The van der Waals surface area contributed by atoms with Gasteiger partial charge < -0.3 is 4.43 Å². The highest BCUT2D eigenvalue weighted by atomic mass is 28.3. The standard InChI is InChI=1S/C13H13FOSi/c14-11-15-16(12-7-3-1-4-8-12)13-9-5-2-6-10-13/h1-10,16H,11H2. The van der Waals surface area contributed by atoms with Crippen LogP contribution >= 0.6 is 0 Å². The molecule has 0 bridgehead atoms. The summed E-state index contributed by atoms with van der Waals surface area (Å²) in [7, 11) is -1.83. The number of alkyl halides is 1. The van der Waals surface area contributed by atoms with Crippen molar-refractivity contribution < 1.29 is 8.82 Å². The van der Waals surface area contributed by atoms with Crippen molar-refractivity contribution in [1.82, 2.24) is 0 Å². The molecule has 1 nitrogen and oxygen atoms in total. The third-order valence-electron chi connectivity index (χ3n) is 2.43. The zero-order valence-corrected chi connectivity index (χ0v) is 10.00. The van der Waals surface area contributed by atoms with Gasteiger partial charge in [0.1, 0.15) is 0 Å². The summed E-state index contributed by atoms with van der Waals surface area (Å²) in [4.78, 5) is 0. The molecule has 0 radical (unpaired) electrons. The largest absolute Gasteiger partial charge is 0.385 e. The van der Waals surface area contributed by atoms with Gasteiger partial charge in [-0.3, -0.25) is 0 Å². The molecule has 0 spiro atoms. The highest BCUT2D eigenvalue weighted by Gasteiger charge is 2.16. The van der Waals surface area contributed by atoms with Crippen LogP contribution in [0.4, 0.5) is 4.39 Å². The molecule has 0 unspecified atom stereocenters. The normalized spacial score (nSPS) is 10.6. The number of benzene rings is 2. The SMILES string of the molecule is FCO[SiH](c1ccccc1)c1ccccc1. The Morgan fingerprint density at radius 1 is 0.812 bits per heavy atom. The van der Waals surface area contributed by atoms with Gasteiger partial charge in [-0.15, -0.1) is 0 Å². The summed E-state index contributed by atoms with van der Waals surface area (Å²) in [5.41, 5.74) is 0. The fourth-order valence-corrected chi connectivity index (χ4v) is 3.74. The van der Waals surface area contributed by atoms with Crippen LogP contribution in [0.25, 0.3) is 0 Å². The summed E-state index contributed by atoms with van der Waals surface area (Å²) >= 11 is 0. The first kappa shape index (κ1) is 11.0. The Hall–Kier alpha value is -1.45. The topological polar surface area (TPSA) is 9.23 Å². The zero-order chi connectivity index (χ0) is 11.2. The molecule has 0 saturated heterocycles. The second-order valence-electron chi connectivity index (χ2n) is 3.48. The predicted molar refractivity (Wildman–Crippen MR) is 66.4 cm³/mol. The second-order valence-corrected chi connectivity index (χ2v) is 5.90. The molecule has 0 amide bonds. The fourth-order valence-electron chi connectivity index (χ4n) is 1.70. The van der Waals surface area contributed by atoms with Crippen LogP contribution in [0.5, 0.6) is 0 Å². The summed E-state index contributed by atoms with van der Waals surface area (Å²) in [5, 5.41) is 2.21. The summed E-state index contributed by atoms with van der Waals surface area (Å²) in [6, 6.07) is 19.7. The predicted octanol–water partition coefficient (Wildman–Crippen LogP) is 1.47. The lowest BCUT2D eigenvalue weighted by molar-refractivity contribution is 0.198. The van der Waals surface area contributed by atoms with Gasteiger partial charge in [-0.05, 0) is 10.4 Å². The molecular formula is C13H13FOSi. The van der Waals surface area contributed by atoms with Gasteiger partial charge in [0.2, 0.25) is 9.04 Å². The van der Waals surface area contributed by atoms with Crippen molar-refractivity contribution in [3.05, 3.63) is 60.7 Å². The number of hydrogen-bond donors (Lipinski definition) is 0. The van der Waals surface area contributed by atoms with Gasteiger partial charge in [-0.25, -0.2) is 4.39 Å². The smallest absolute Gasteiger partial charge is 0.243 e. The van der Waals surface area contributed by atoms with Crippen molar-refractivity contribution in [2.45, 2.75) is 0 Å². The van der Waals surface area contributed by atoms with E-state index in [0.717, 1.165) is 10.4 Å². The summed E-state index contributed by atoms with van der Waals surface area (Å²) in [5.74, 6) is 0. The maximum absolute atomic E-state index is 12.4. The Bertz CT molecular complexity index is 379. The van der Waals surface area contributed by atoms with Gasteiger partial charge in [-0.2, -0.15) is 0 Å². The van der Waals surface area contributed by atoms with Gasteiger partial charge >= 0.3 is 0 Å². The first-order valence-corrected chi connectivity index (χ1v) is 6.82. The molecule has 0 aliphatic rings. The summed E-state index contributed by atoms with van der Waals surface area (Å²) < 4.78 is 17.7. The molecule has 16 heavy (non-hydrogen) atoms. The Morgan fingerprint density at radius 2 is 1.25 bits per heavy atom. The molecule has 82 valence electrons. The Balaban J connectivity index is 2.31. The lowest BCUT2D eigenvalue weighted by atomic mass is 10.4. The number of hydrogen-bond acceptors (Lipinski definition) is 1. The van der Waals surface area contributed by atoms with E-state index in [-0.39, 0.29) is 0 Å². The van der Waals surface area contributed by atoms with Gasteiger partial charge in [0.15, 0.2) is 6.86 Å². The van der Waals surface area contributed by atoms with Gasteiger partial charge in [0.25, 0.3) is 0 Å². The molecule has 2 rings (SSSR count). The molecule has 2 aromatic carbocycles. The van der Waals surface area contributed by atoms with Crippen molar-refractivity contribution in [3.63, 3.8) is 0 Å². The fraction of sp³-hybridized carbons (Fsp3) is 0.0769. The van der Waals surface area contributed by atoms with E-state index in [9.17, 15) is 4.39 Å². The third-order valence-corrected chi connectivity index (χ3v) is 4.87. The van der Waals surface area contributed by atoms with E-state index in [1.807, 2.05) is 60.7 Å². The molecule has 0 aromatic heterocycles. The highest BCUT2D eigenvalue weighted by molar-refractivity contribution is 6.80.